The molecule has 0 aliphatic rings. The van der Waals surface area contributed by atoms with E-state index in [0.717, 1.165) is 0 Å². The van der Waals surface area contributed by atoms with Crippen molar-refractivity contribution in [2.45, 2.75) is 65.5 Å². The molecule has 2 nitrogen and oxygen atoms in total. The summed E-state index contributed by atoms with van der Waals surface area (Å²) in [5.41, 5.74) is 0. The van der Waals surface area contributed by atoms with Crippen LogP contribution < -0.4 is 0 Å². The molecule has 0 aliphatic heterocycles. The van der Waals surface area contributed by atoms with E-state index in [1.165, 1.54) is 38.9 Å². The van der Waals surface area contributed by atoms with Crippen LogP contribution in [0.4, 0.5) is 0 Å². The van der Waals surface area contributed by atoms with E-state index >= 15 is 0 Å². The van der Waals surface area contributed by atoms with Crippen molar-refractivity contribution in [2.75, 3.05) is 33.7 Å². The van der Waals surface area contributed by atoms with E-state index < -0.39 is 21.4 Å². The van der Waals surface area contributed by atoms with Crippen LogP contribution in [-0.2, 0) is 0 Å². The Morgan fingerprint density at radius 1 is 0.895 bits per heavy atom. The summed E-state index contributed by atoms with van der Waals surface area (Å²) in [7, 11) is 4.52. The van der Waals surface area contributed by atoms with Gasteiger partial charge in [-0.2, -0.15) is 0 Å². The molecule has 0 spiro atoms. The summed E-state index contributed by atoms with van der Waals surface area (Å²) in [6, 6.07) is 0.707. The first-order chi connectivity index (χ1) is 9.01. The van der Waals surface area contributed by atoms with Crippen LogP contribution in [0.5, 0.6) is 0 Å². The van der Waals surface area contributed by atoms with Gasteiger partial charge in [-0.3, -0.25) is 0 Å². The fourth-order valence-corrected chi connectivity index (χ4v) is 11.7. The second kappa shape index (κ2) is 12.5. The molecule has 0 aromatic heterocycles. The Bertz CT molecular complexity index is 197. The van der Waals surface area contributed by atoms with Gasteiger partial charge in [0.15, 0.2) is 0 Å². The van der Waals surface area contributed by atoms with Gasteiger partial charge >= 0.3 is 130 Å². The predicted molar refractivity (Wildman–Crippen MR) is 90.6 cm³/mol. The van der Waals surface area contributed by atoms with E-state index in [0.29, 0.717) is 6.04 Å². The molecule has 0 unspecified atom stereocenters. The van der Waals surface area contributed by atoms with Gasteiger partial charge in [0.05, 0.1) is 0 Å². The van der Waals surface area contributed by atoms with Crippen LogP contribution >= 0.6 is 0 Å². The van der Waals surface area contributed by atoms with Crippen molar-refractivity contribution in [3.8, 4) is 0 Å². The van der Waals surface area contributed by atoms with Gasteiger partial charge in [-0.15, -0.1) is 0 Å². The van der Waals surface area contributed by atoms with Gasteiger partial charge in [0.1, 0.15) is 0 Å². The summed E-state index contributed by atoms with van der Waals surface area (Å²) in [6.45, 7) is 13.1. The Labute approximate surface area is 130 Å². The molecule has 0 aromatic rings. The number of nitrogens with zero attached hydrogens (tertiary/aromatic N) is 2. The van der Waals surface area contributed by atoms with E-state index in [2.05, 4.69) is 51.6 Å². The van der Waals surface area contributed by atoms with Crippen molar-refractivity contribution in [3.05, 3.63) is 0 Å². The maximum atomic E-state index is 2.50. The monoisotopic (exact) mass is 372 g/mol. The zero-order chi connectivity index (χ0) is 14.7. The van der Waals surface area contributed by atoms with Gasteiger partial charge in [0.2, 0.25) is 0 Å². The van der Waals surface area contributed by atoms with Crippen molar-refractivity contribution < 1.29 is 0 Å². The molecule has 0 atom stereocenters. The average Bonchev–Trinajstić information content (AvgIpc) is 2.38. The van der Waals surface area contributed by atoms with Crippen molar-refractivity contribution >= 4 is 21.4 Å². The maximum absolute atomic E-state index is 2.50. The number of hydrogen-bond acceptors (Lipinski definition) is 2. The van der Waals surface area contributed by atoms with Gasteiger partial charge in [-0.1, -0.05) is 0 Å². The van der Waals surface area contributed by atoms with Crippen LogP contribution in [0.2, 0.25) is 12.5 Å². The molecular weight excluding hydrogens is 335 g/mol. The summed E-state index contributed by atoms with van der Waals surface area (Å²) >= 11 is -1.17. The topological polar surface area (TPSA) is 6.48 Å². The second-order valence-electron chi connectivity index (χ2n) is 6.41. The first-order valence-corrected chi connectivity index (χ1v) is 15.4. The molecule has 0 saturated heterocycles. The Balaban J connectivity index is 3.79. The van der Waals surface area contributed by atoms with Crippen molar-refractivity contribution in [1.82, 2.24) is 9.80 Å². The van der Waals surface area contributed by atoms with Gasteiger partial charge in [-0.25, -0.2) is 0 Å². The number of hydrogen-bond donors (Lipinski definition) is 0. The fraction of sp³-hybridized carbons (Fsp3) is 1.00. The molecule has 114 valence electrons. The van der Waals surface area contributed by atoms with Crippen LogP contribution in [0, 0.1) is 0 Å². The first kappa shape index (κ1) is 19.8. The van der Waals surface area contributed by atoms with Crippen LogP contribution in [0.25, 0.3) is 0 Å². The first-order valence-electron chi connectivity index (χ1n) is 8.39. The normalized spacial score (nSPS) is 11.8. The molecule has 0 aromatic carbocycles. The third kappa shape index (κ3) is 11.2. The third-order valence-corrected chi connectivity index (χ3v) is 15.4. The van der Waals surface area contributed by atoms with Crippen LogP contribution in [-0.4, -0.2) is 71.0 Å². The van der Waals surface area contributed by atoms with Crippen molar-refractivity contribution in [2.24, 2.45) is 0 Å². The zero-order valence-corrected chi connectivity index (χ0v) is 17.7. The molecule has 0 bridgehead atoms. The summed E-state index contributed by atoms with van der Waals surface area (Å²) in [6.07, 6.45) is 4.36. The Hall–Kier alpha value is 0.790. The molecule has 0 aliphatic carbocycles. The minimum absolute atomic E-state index is 0.707. The van der Waals surface area contributed by atoms with E-state index in [1.54, 1.807) is 12.5 Å². The molecule has 3 heteroatoms. The summed E-state index contributed by atoms with van der Waals surface area (Å²) in [5.74, 6) is 0. The van der Waals surface area contributed by atoms with Crippen LogP contribution in [0.15, 0.2) is 0 Å². The summed E-state index contributed by atoms with van der Waals surface area (Å²) in [4.78, 5) is 4.96. The van der Waals surface area contributed by atoms with Gasteiger partial charge < -0.3 is 0 Å². The quantitative estimate of drug-likeness (QED) is 0.512. The van der Waals surface area contributed by atoms with E-state index in [1.807, 2.05) is 0 Å². The van der Waals surface area contributed by atoms with Crippen molar-refractivity contribution in [3.63, 3.8) is 0 Å². The van der Waals surface area contributed by atoms with E-state index in [4.69, 9.17) is 0 Å². The Morgan fingerprint density at radius 3 is 1.95 bits per heavy atom. The molecule has 0 fully saturated rings. The SMILES string of the molecule is CC[CH2][In]([CH2]CCN(C)CC)[CH2]CCN(C)C(C)C. The molecule has 0 amide bonds. The van der Waals surface area contributed by atoms with E-state index in [-0.39, 0.29) is 0 Å². The average molecular weight is 372 g/mol. The van der Waals surface area contributed by atoms with Crippen LogP contribution in [0.1, 0.15) is 47.0 Å². The Kier molecular flexibility index (Phi) is 13.0. The molecule has 19 heavy (non-hydrogen) atoms. The fourth-order valence-electron chi connectivity index (χ4n) is 2.54. The van der Waals surface area contributed by atoms with Crippen LogP contribution in [0.3, 0.4) is 0 Å². The predicted octanol–water partition coefficient (Wildman–Crippen LogP) is 3.96. The van der Waals surface area contributed by atoms with Crippen molar-refractivity contribution in [1.29, 1.82) is 0 Å². The molecule has 0 radical (unpaired) electrons. The molecule has 0 rings (SSSR count). The van der Waals surface area contributed by atoms with Gasteiger partial charge in [0.25, 0.3) is 0 Å². The Morgan fingerprint density at radius 2 is 1.47 bits per heavy atom. The summed E-state index contributed by atoms with van der Waals surface area (Å²) in [5, 5.41) is 0. The number of rotatable bonds is 12. The molecule has 0 N–H and O–H groups in total. The summed E-state index contributed by atoms with van der Waals surface area (Å²) < 4.78 is 4.89. The third-order valence-electron chi connectivity index (χ3n) is 4.39. The molecule has 0 heterocycles. The van der Waals surface area contributed by atoms with E-state index in [9.17, 15) is 0 Å². The minimum atomic E-state index is -1.17. The second-order valence-corrected chi connectivity index (χ2v) is 16.3. The molecular formula is C16H37InN2. The van der Waals surface area contributed by atoms with Gasteiger partial charge in [-0.05, 0) is 0 Å². The molecule has 0 saturated carbocycles. The zero-order valence-electron chi connectivity index (χ0n) is 14.4. The standard InChI is InChI=1S/C7H16N.C6H14N.C3H7.In/c1-5-6-8(4)7(2)3;1-4-6-7(3)5-2;1-3-2;/h7H,1,5-6H2,2-4H3;1,4-6H2,2-3H3;1,3H2,2H3;. The van der Waals surface area contributed by atoms with Gasteiger partial charge in [0, 0.05) is 0 Å².